The lowest BCUT2D eigenvalue weighted by Crippen LogP contribution is -2.61. The number of hydrogen-bond donors (Lipinski definition) is 2. The number of nitrogens with one attached hydrogen (secondary N) is 2. The highest BCUT2D eigenvalue weighted by Crippen LogP contribution is 2.21. The topological polar surface area (TPSA) is 44.4 Å². The second kappa shape index (κ2) is 6.84. The Labute approximate surface area is 142 Å². The lowest BCUT2D eigenvalue weighted by Gasteiger charge is -2.44. The van der Waals surface area contributed by atoms with Crippen LogP contribution in [0, 0.1) is 0 Å². The minimum atomic E-state index is -0.0596. The zero-order valence-corrected chi connectivity index (χ0v) is 14.7. The minimum Gasteiger partial charge on any atom is -0.358 e. The third-order valence-electron chi connectivity index (χ3n) is 3.79. The van der Waals surface area contributed by atoms with E-state index in [1.54, 1.807) is 0 Å². The molecule has 1 amide bonds. The fraction of sp³-hybridized carbons (Fsp3) is 0.500. The van der Waals surface area contributed by atoms with Crippen molar-refractivity contribution in [3.05, 3.63) is 34.9 Å². The Morgan fingerprint density at radius 1 is 1.50 bits per heavy atom. The van der Waals surface area contributed by atoms with Crippen molar-refractivity contribution in [2.45, 2.75) is 45.3 Å². The van der Waals surface area contributed by atoms with Gasteiger partial charge >= 0.3 is 0 Å². The fourth-order valence-corrected chi connectivity index (χ4v) is 3.46. The van der Waals surface area contributed by atoms with Crippen LogP contribution in [0.15, 0.2) is 24.3 Å². The number of amides is 1. The molecule has 1 saturated heterocycles. The van der Waals surface area contributed by atoms with Crippen molar-refractivity contribution in [3.8, 4) is 0 Å². The summed E-state index contributed by atoms with van der Waals surface area (Å²) in [6, 6.07) is 7.73. The van der Waals surface area contributed by atoms with E-state index in [-0.39, 0.29) is 24.0 Å². The van der Waals surface area contributed by atoms with E-state index in [2.05, 4.69) is 31.4 Å². The molecule has 0 aromatic heterocycles. The van der Waals surface area contributed by atoms with Crippen molar-refractivity contribution >= 4 is 34.8 Å². The SMILES string of the molecule is C[C@H]1CC(C)(C)NC(=S)N1CC(=O)NCc1ccccc1Cl. The first-order valence-electron chi connectivity index (χ1n) is 7.37. The van der Waals surface area contributed by atoms with Crippen LogP contribution in [0.4, 0.5) is 0 Å². The Hall–Kier alpha value is -1.33. The molecule has 0 radical (unpaired) electrons. The van der Waals surface area contributed by atoms with Gasteiger partial charge in [0.2, 0.25) is 5.91 Å². The van der Waals surface area contributed by atoms with Gasteiger partial charge in [-0.1, -0.05) is 29.8 Å². The number of thiocarbonyl (C=S) groups is 1. The van der Waals surface area contributed by atoms with Gasteiger partial charge in [-0.25, -0.2) is 0 Å². The maximum Gasteiger partial charge on any atom is 0.239 e. The van der Waals surface area contributed by atoms with Crippen molar-refractivity contribution in [1.82, 2.24) is 15.5 Å². The standard InChI is InChI=1S/C16H22ClN3OS/c1-11-8-16(2,3)19-15(22)20(11)10-14(21)18-9-12-6-4-5-7-13(12)17/h4-7,11H,8-10H2,1-3H3,(H,18,21)(H,19,22)/t11-/m0/s1. The minimum absolute atomic E-state index is 0.0267. The number of halogens is 1. The van der Waals surface area contributed by atoms with E-state index in [0.29, 0.717) is 16.7 Å². The first-order valence-corrected chi connectivity index (χ1v) is 8.16. The molecule has 0 unspecified atom stereocenters. The highest BCUT2D eigenvalue weighted by Gasteiger charge is 2.33. The van der Waals surface area contributed by atoms with Crippen LogP contribution in [0.2, 0.25) is 5.02 Å². The maximum atomic E-state index is 12.2. The van der Waals surface area contributed by atoms with Gasteiger partial charge in [0, 0.05) is 23.1 Å². The van der Waals surface area contributed by atoms with Crippen molar-refractivity contribution in [3.63, 3.8) is 0 Å². The van der Waals surface area contributed by atoms with Crippen LogP contribution in [0.5, 0.6) is 0 Å². The molecule has 1 aromatic carbocycles. The molecule has 6 heteroatoms. The van der Waals surface area contributed by atoms with E-state index in [4.69, 9.17) is 23.8 Å². The number of rotatable bonds is 4. The Morgan fingerprint density at radius 3 is 2.82 bits per heavy atom. The average Bonchev–Trinajstić information content (AvgIpc) is 2.41. The second-order valence-corrected chi connectivity index (χ2v) is 7.16. The van der Waals surface area contributed by atoms with E-state index < -0.39 is 0 Å². The summed E-state index contributed by atoms with van der Waals surface area (Å²) in [5.74, 6) is -0.0596. The molecule has 1 aromatic rings. The molecule has 0 aliphatic carbocycles. The summed E-state index contributed by atoms with van der Waals surface area (Å²) in [6.45, 7) is 7.01. The Bertz CT molecular complexity index is 576. The summed E-state index contributed by atoms with van der Waals surface area (Å²) in [6.07, 6.45) is 0.935. The van der Waals surface area contributed by atoms with Crippen LogP contribution in [0.25, 0.3) is 0 Å². The molecule has 0 saturated carbocycles. The van der Waals surface area contributed by atoms with Gasteiger partial charge in [-0.15, -0.1) is 0 Å². The van der Waals surface area contributed by atoms with E-state index in [1.165, 1.54) is 0 Å². The third-order valence-corrected chi connectivity index (χ3v) is 4.50. The predicted molar refractivity (Wildman–Crippen MR) is 93.9 cm³/mol. The molecular weight excluding hydrogens is 318 g/mol. The van der Waals surface area contributed by atoms with Crippen molar-refractivity contribution < 1.29 is 4.79 Å². The van der Waals surface area contributed by atoms with E-state index in [1.807, 2.05) is 29.2 Å². The lowest BCUT2D eigenvalue weighted by molar-refractivity contribution is -0.122. The van der Waals surface area contributed by atoms with Crippen LogP contribution < -0.4 is 10.6 Å². The molecule has 2 N–H and O–H groups in total. The van der Waals surface area contributed by atoms with Crippen molar-refractivity contribution in [2.75, 3.05) is 6.54 Å². The second-order valence-electron chi connectivity index (χ2n) is 6.36. The summed E-state index contributed by atoms with van der Waals surface area (Å²) in [5.41, 5.74) is 0.882. The monoisotopic (exact) mass is 339 g/mol. The first kappa shape index (κ1) is 17.0. The molecule has 1 aliphatic rings. The normalized spacial score (nSPS) is 20.5. The smallest absolute Gasteiger partial charge is 0.239 e. The van der Waals surface area contributed by atoms with Crippen LogP contribution in [-0.4, -0.2) is 34.0 Å². The fourth-order valence-electron chi connectivity index (χ4n) is 2.74. The highest BCUT2D eigenvalue weighted by molar-refractivity contribution is 7.80. The van der Waals surface area contributed by atoms with Crippen molar-refractivity contribution in [2.24, 2.45) is 0 Å². The maximum absolute atomic E-state index is 12.2. The zero-order valence-electron chi connectivity index (χ0n) is 13.1. The number of carbonyl (C=O) groups excluding carboxylic acids is 1. The Balaban J connectivity index is 1.89. The lowest BCUT2D eigenvalue weighted by atomic mass is 9.93. The Morgan fingerprint density at radius 2 is 2.18 bits per heavy atom. The van der Waals surface area contributed by atoms with Crippen LogP contribution in [-0.2, 0) is 11.3 Å². The van der Waals surface area contributed by atoms with Crippen LogP contribution in [0.1, 0.15) is 32.8 Å². The average molecular weight is 340 g/mol. The molecule has 120 valence electrons. The summed E-state index contributed by atoms with van der Waals surface area (Å²) in [5, 5.41) is 7.47. The summed E-state index contributed by atoms with van der Waals surface area (Å²) in [7, 11) is 0. The number of hydrogen-bond acceptors (Lipinski definition) is 2. The van der Waals surface area contributed by atoms with Gasteiger partial charge in [-0.3, -0.25) is 4.79 Å². The molecule has 22 heavy (non-hydrogen) atoms. The van der Waals surface area contributed by atoms with Crippen molar-refractivity contribution in [1.29, 1.82) is 0 Å². The summed E-state index contributed by atoms with van der Waals surface area (Å²) in [4.78, 5) is 14.1. The zero-order chi connectivity index (χ0) is 16.3. The number of carbonyl (C=O) groups is 1. The molecule has 1 aliphatic heterocycles. The summed E-state index contributed by atoms with van der Waals surface area (Å²) < 4.78 is 0. The molecule has 0 spiro atoms. The van der Waals surface area contributed by atoms with Gasteiger partial charge in [0.15, 0.2) is 5.11 Å². The quantitative estimate of drug-likeness (QED) is 0.828. The molecule has 1 atom stereocenters. The molecule has 0 bridgehead atoms. The molecular formula is C16H22ClN3OS. The third kappa shape index (κ3) is 4.34. The van der Waals surface area contributed by atoms with E-state index in [0.717, 1.165) is 12.0 Å². The van der Waals surface area contributed by atoms with Gasteiger partial charge in [0.05, 0.1) is 6.54 Å². The Kier molecular flexibility index (Phi) is 5.29. The van der Waals surface area contributed by atoms with Gasteiger partial charge in [0.1, 0.15) is 0 Å². The first-order chi connectivity index (χ1) is 10.3. The van der Waals surface area contributed by atoms with E-state index >= 15 is 0 Å². The van der Waals surface area contributed by atoms with Crippen LogP contribution >= 0.6 is 23.8 Å². The molecule has 1 heterocycles. The highest BCUT2D eigenvalue weighted by atomic mass is 35.5. The van der Waals surface area contributed by atoms with Gasteiger partial charge < -0.3 is 15.5 Å². The molecule has 2 rings (SSSR count). The largest absolute Gasteiger partial charge is 0.358 e. The number of nitrogens with zero attached hydrogens (tertiary/aromatic N) is 1. The molecule has 1 fully saturated rings. The van der Waals surface area contributed by atoms with Gasteiger partial charge in [0.25, 0.3) is 0 Å². The summed E-state index contributed by atoms with van der Waals surface area (Å²) >= 11 is 11.5. The van der Waals surface area contributed by atoms with Crippen LogP contribution in [0.3, 0.4) is 0 Å². The number of benzene rings is 1. The molecule has 4 nitrogen and oxygen atoms in total. The predicted octanol–water partition coefficient (Wildman–Crippen LogP) is 2.70. The van der Waals surface area contributed by atoms with Gasteiger partial charge in [-0.2, -0.15) is 0 Å². The van der Waals surface area contributed by atoms with E-state index in [9.17, 15) is 4.79 Å². The van der Waals surface area contributed by atoms with Gasteiger partial charge in [-0.05, 0) is 51.0 Å².